The maximum absolute atomic E-state index is 10.7. The maximum Gasteiger partial charge on any atom is 0.203 e. The minimum atomic E-state index is 0.113. The van der Waals surface area contributed by atoms with Gasteiger partial charge >= 0.3 is 0 Å². The van der Waals surface area contributed by atoms with Crippen molar-refractivity contribution in [2.24, 2.45) is 5.92 Å². The number of carbonyl (C=O) groups is 1. The molecule has 0 N–H and O–H groups in total. The summed E-state index contributed by atoms with van der Waals surface area (Å²) >= 11 is 0. The highest BCUT2D eigenvalue weighted by molar-refractivity contribution is 5.65. The molecule has 2 atom stereocenters. The van der Waals surface area contributed by atoms with Gasteiger partial charge in [-0.3, -0.25) is 0 Å². The first-order chi connectivity index (χ1) is 8.26. The molecule has 17 heavy (non-hydrogen) atoms. The zero-order valence-electron chi connectivity index (χ0n) is 10.2. The Morgan fingerprint density at radius 1 is 1.12 bits per heavy atom. The zero-order chi connectivity index (χ0) is 12.4. The van der Waals surface area contributed by atoms with Crippen LogP contribution in [0.25, 0.3) is 0 Å². The fourth-order valence-electron chi connectivity index (χ4n) is 2.14. The van der Waals surface area contributed by atoms with Crippen molar-refractivity contribution in [2.45, 2.75) is 12.3 Å². The van der Waals surface area contributed by atoms with Gasteiger partial charge in [0.15, 0.2) is 11.5 Å². The lowest BCUT2D eigenvalue weighted by atomic mass is 10.1. The number of rotatable bonds is 5. The highest BCUT2D eigenvalue weighted by atomic mass is 16.5. The van der Waals surface area contributed by atoms with Gasteiger partial charge in [0, 0.05) is 11.5 Å². The minimum absolute atomic E-state index is 0.113. The third-order valence-corrected chi connectivity index (χ3v) is 3.15. The molecule has 0 aliphatic heterocycles. The van der Waals surface area contributed by atoms with Gasteiger partial charge in [-0.25, -0.2) is 0 Å². The first kappa shape index (κ1) is 11.8. The molecule has 4 nitrogen and oxygen atoms in total. The van der Waals surface area contributed by atoms with Gasteiger partial charge in [-0.15, -0.1) is 0 Å². The van der Waals surface area contributed by atoms with Gasteiger partial charge < -0.3 is 19.0 Å². The number of benzene rings is 1. The third kappa shape index (κ3) is 1.95. The van der Waals surface area contributed by atoms with Gasteiger partial charge in [0.2, 0.25) is 5.75 Å². The maximum atomic E-state index is 10.7. The Hall–Kier alpha value is -1.71. The normalized spacial score (nSPS) is 21.8. The van der Waals surface area contributed by atoms with Crippen LogP contribution in [0.5, 0.6) is 17.2 Å². The average molecular weight is 236 g/mol. The van der Waals surface area contributed by atoms with Crippen molar-refractivity contribution in [3.63, 3.8) is 0 Å². The molecule has 0 heterocycles. The first-order valence-corrected chi connectivity index (χ1v) is 5.51. The lowest BCUT2D eigenvalue weighted by Gasteiger charge is -2.15. The van der Waals surface area contributed by atoms with Crippen LogP contribution in [0.4, 0.5) is 0 Å². The molecule has 1 aliphatic carbocycles. The summed E-state index contributed by atoms with van der Waals surface area (Å²) in [6.45, 7) is 0. The molecule has 0 aromatic heterocycles. The summed E-state index contributed by atoms with van der Waals surface area (Å²) in [4.78, 5) is 10.7. The molecular weight excluding hydrogens is 220 g/mol. The van der Waals surface area contributed by atoms with Crippen LogP contribution in [-0.2, 0) is 4.79 Å². The SMILES string of the molecule is COc1ccc([C@@H]2C[C@H]2C=O)c(OC)c1OC. The number of aldehydes is 1. The first-order valence-electron chi connectivity index (χ1n) is 5.51. The molecule has 1 aromatic rings. The van der Waals surface area contributed by atoms with Crippen LogP contribution >= 0.6 is 0 Å². The summed E-state index contributed by atoms with van der Waals surface area (Å²) in [5.74, 6) is 2.26. The fourth-order valence-corrected chi connectivity index (χ4v) is 2.14. The number of methoxy groups -OCH3 is 3. The fraction of sp³-hybridized carbons (Fsp3) is 0.462. The van der Waals surface area contributed by atoms with Gasteiger partial charge in [0.05, 0.1) is 21.3 Å². The van der Waals surface area contributed by atoms with Crippen molar-refractivity contribution in [3.8, 4) is 17.2 Å². The topological polar surface area (TPSA) is 44.8 Å². The zero-order valence-corrected chi connectivity index (χ0v) is 10.2. The Bertz CT molecular complexity index is 428. The van der Waals surface area contributed by atoms with Crippen molar-refractivity contribution >= 4 is 6.29 Å². The molecule has 4 heteroatoms. The molecule has 1 aliphatic rings. The Kier molecular flexibility index (Phi) is 3.22. The van der Waals surface area contributed by atoms with E-state index in [1.165, 1.54) is 0 Å². The second-order valence-electron chi connectivity index (χ2n) is 4.07. The van der Waals surface area contributed by atoms with E-state index < -0.39 is 0 Å². The van der Waals surface area contributed by atoms with E-state index in [-0.39, 0.29) is 11.8 Å². The second-order valence-corrected chi connectivity index (χ2v) is 4.07. The number of hydrogen-bond acceptors (Lipinski definition) is 4. The van der Waals surface area contributed by atoms with E-state index in [0.717, 1.165) is 18.3 Å². The summed E-state index contributed by atoms with van der Waals surface area (Å²) in [6.07, 6.45) is 1.89. The van der Waals surface area contributed by atoms with Crippen molar-refractivity contribution in [1.29, 1.82) is 0 Å². The molecule has 2 rings (SSSR count). The molecule has 0 unspecified atom stereocenters. The van der Waals surface area contributed by atoms with Gasteiger partial charge in [-0.05, 0) is 18.4 Å². The molecule has 1 aromatic carbocycles. The lowest BCUT2D eigenvalue weighted by molar-refractivity contribution is -0.108. The summed E-state index contributed by atoms with van der Waals surface area (Å²) in [5, 5.41) is 0. The molecule has 0 saturated heterocycles. The van der Waals surface area contributed by atoms with Crippen LogP contribution in [-0.4, -0.2) is 27.6 Å². The highest BCUT2D eigenvalue weighted by Gasteiger charge is 2.40. The van der Waals surface area contributed by atoms with E-state index >= 15 is 0 Å². The van der Waals surface area contributed by atoms with Crippen molar-refractivity contribution < 1.29 is 19.0 Å². The largest absolute Gasteiger partial charge is 0.493 e. The molecule has 1 fully saturated rings. The smallest absolute Gasteiger partial charge is 0.203 e. The summed E-state index contributed by atoms with van der Waals surface area (Å²) < 4.78 is 15.9. The van der Waals surface area contributed by atoms with Gasteiger partial charge in [0.25, 0.3) is 0 Å². The molecule has 92 valence electrons. The molecular formula is C13H16O4. The Morgan fingerprint density at radius 2 is 1.82 bits per heavy atom. The lowest BCUT2D eigenvalue weighted by Crippen LogP contribution is -1.98. The standard InChI is InChI=1S/C13H16O4/c1-15-11-5-4-9(10-6-8(10)7-14)12(16-2)13(11)17-3/h4-5,7-8,10H,6H2,1-3H3/t8-,10+/m0/s1. The van der Waals surface area contributed by atoms with Gasteiger partial charge in [-0.2, -0.15) is 0 Å². The van der Waals surface area contributed by atoms with E-state index in [1.54, 1.807) is 21.3 Å². The quantitative estimate of drug-likeness (QED) is 0.734. The van der Waals surface area contributed by atoms with E-state index in [4.69, 9.17) is 14.2 Å². The van der Waals surface area contributed by atoms with E-state index in [9.17, 15) is 4.79 Å². The Labute approximate surface area is 100 Å². The van der Waals surface area contributed by atoms with Crippen LogP contribution in [0.3, 0.4) is 0 Å². The van der Waals surface area contributed by atoms with Crippen molar-refractivity contribution in [1.82, 2.24) is 0 Å². The van der Waals surface area contributed by atoms with Crippen LogP contribution in [0.1, 0.15) is 17.9 Å². The highest BCUT2D eigenvalue weighted by Crippen LogP contribution is 2.53. The number of hydrogen-bond donors (Lipinski definition) is 0. The van der Waals surface area contributed by atoms with Crippen LogP contribution in [0, 0.1) is 5.92 Å². The molecule has 0 amide bonds. The predicted octanol–water partition coefficient (Wildman–Crippen LogP) is 2.01. The van der Waals surface area contributed by atoms with Crippen LogP contribution in [0.15, 0.2) is 12.1 Å². The van der Waals surface area contributed by atoms with Crippen molar-refractivity contribution in [2.75, 3.05) is 21.3 Å². The number of ether oxygens (including phenoxy) is 3. The second kappa shape index (κ2) is 4.65. The summed E-state index contributed by atoms with van der Waals surface area (Å²) in [7, 11) is 4.76. The predicted molar refractivity (Wildman–Crippen MR) is 63.0 cm³/mol. The van der Waals surface area contributed by atoms with E-state index in [0.29, 0.717) is 17.2 Å². The van der Waals surface area contributed by atoms with Crippen molar-refractivity contribution in [3.05, 3.63) is 17.7 Å². The van der Waals surface area contributed by atoms with Gasteiger partial charge in [-0.1, -0.05) is 6.07 Å². The Balaban J connectivity index is 2.43. The number of carbonyl (C=O) groups excluding carboxylic acids is 1. The third-order valence-electron chi connectivity index (χ3n) is 3.15. The van der Waals surface area contributed by atoms with E-state index in [2.05, 4.69) is 0 Å². The average Bonchev–Trinajstić information content (AvgIpc) is 3.15. The molecule has 0 bridgehead atoms. The van der Waals surface area contributed by atoms with Crippen LogP contribution < -0.4 is 14.2 Å². The summed E-state index contributed by atoms with van der Waals surface area (Å²) in [6, 6.07) is 3.78. The van der Waals surface area contributed by atoms with Gasteiger partial charge in [0.1, 0.15) is 6.29 Å². The van der Waals surface area contributed by atoms with E-state index in [1.807, 2.05) is 12.1 Å². The van der Waals surface area contributed by atoms with Crippen LogP contribution in [0.2, 0.25) is 0 Å². The minimum Gasteiger partial charge on any atom is -0.493 e. The summed E-state index contributed by atoms with van der Waals surface area (Å²) in [5.41, 5.74) is 1.02. The Morgan fingerprint density at radius 3 is 2.29 bits per heavy atom. The monoisotopic (exact) mass is 236 g/mol. The molecule has 1 saturated carbocycles. The molecule has 0 radical (unpaired) electrons. The molecule has 0 spiro atoms.